The molecule has 1 unspecified atom stereocenters. The van der Waals surface area contributed by atoms with E-state index in [1.807, 2.05) is 6.07 Å². The van der Waals surface area contributed by atoms with Gasteiger partial charge in [-0.1, -0.05) is 29.0 Å². The molecule has 10 heteroatoms. The molecule has 1 aromatic carbocycles. The largest absolute Gasteiger partial charge is 0.438 e. The molecule has 0 saturated heterocycles. The molecule has 0 aliphatic carbocycles. The van der Waals surface area contributed by atoms with E-state index in [0.717, 1.165) is 0 Å². The fourth-order valence-corrected chi connectivity index (χ4v) is 4.22. The summed E-state index contributed by atoms with van der Waals surface area (Å²) in [6, 6.07) is 6.05. The molecule has 0 amide bonds. The first-order chi connectivity index (χ1) is 13.0. The summed E-state index contributed by atoms with van der Waals surface area (Å²) >= 11 is 7.44. The maximum Gasteiger partial charge on any atom is 0.257 e. The lowest BCUT2D eigenvalue weighted by atomic mass is 9.84. The van der Waals surface area contributed by atoms with Crippen LogP contribution < -0.4 is 21.3 Å². The van der Waals surface area contributed by atoms with E-state index in [4.69, 9.17) is 22.1 Å². The predicted molar refractivity (Wildman–Crippen MR) is 100 cm³/mol. The summed E-state index contributed by atoms with van der Waals surface area (Å²) in [5.74, 6) is -1.81. The lowest BCUT2D eigenvalue weighted by molar-refractivity contribution is 0.396. The monoisotopic (exact) mass is 403 g/mol. The normalized spacial score (nSPS) is 16.0. The predicted octanol–water partition coefficient (Wildman–Crippen LogP) is 3.04. The molecule has 1 atom stereocenters. The van der Waals surface area contributed by atoms with E-state index in [-0.39, 0.29) is 33.4 Å². The number of ether oxygens (including phenoxy) is 1. The highest BCUT2D eigenvalue weighted by molar-refractivity contribution is 7.22. The highest BCUT2D eigenvalue weighted by Crippen LogP contribution is 2.46. The molecular formula is C17H11ClFN5O2S. The van der Waals surface area contributed by atoms with E-state index >= 15 is 0 Å². The first kappa shape index (κ1) is 17.3. The fourth-order valence-electron chi connectivity index (χ4n) is 3.08. The molecule has 0 saturated carbocycles. The van der Waals surface area contributed by atoms with Crippen molar-refractivity contribution in [1.29, 1.82) is 5.26 Å². The molecule has 0 fully saturated rings. The van der Waals surface area contributed by atoms with Gasteiger partial charge in [0, 0.05) is 17.6 Å². The number of nitrogens with two attached hydrogens (primary N) is 1. The fraction of sp³-hybridized carbons (Fsp3) is 0.118. The van der Waals surface area contributed by atoms with Crippen LogP contribution in [0.1, 0.15) is 17.0 Å². The van der Waals surface area contributed by atoms with Crippen molar-refractivity contribution in [3.8, 4) is 11.8 Å². The Balaban J connectivity index is 2.12. The van der Waals surface area contributed by atoms with Crippen molar-refractivity contribution in [2.45, 2.75) is 5.92 Å². The summed E-state index contributed by atoms with van der Waals surface area (Å²) in [7, 11) is 1.69. The van der Waals surface area contributed by atoms with E-state index in [1.165, 1.54) is 29.5 Å². The summed E-state index contributed by atoms with van der Waals surface area (Å²) < 4.78 is 20.8. The van der Waals surface area contributed by atoms with Gasteiger partial charge < -0.3 is 20.8 Å². The summed E-state index contributed by atoms with van der Waals surface area (Å²) in [5.41, 5.74) is 5.65. The average Bonchev–Trinajstić information content (AvgIpc) is 3.04. The van der Waals surface area contributed by atoms with E-state index in [0.29, 0.717) is 15.5 Å². The standard InChI is InChI=1S/C17H11ClFN5O2S/c1-22-17-24-15-13(27-17)12-11(16(25)23-15)9(6(5-20)14(21)26-12)10-7(18)3-2-4-8(10)19/h2-4,9H,21H2,1H3,(H2,22,23,24,25). The Labute approximate surface area is 160 Å². The minimum absolute atomic E-state index is 0.00794. The Kier molecular flexibility index (Phi) is 4.02. The number of halogens is 2. The first-order valence-corrected chi connectivity index (χ1v) is 8.91. The summed E-state index contributed by atoms with van der Waals surface area (Å²) in [5, 5.41) is 13.1. The molecule has 136 valence electrons. The topological polar surface area (TPSA) is 117 Å². The Morgan fingerprint density at radius 1 is 1.48 bits per heavy atom. The third-order valence-electron chi connectivity index (χ3n) is 4.23. The van der Waals surface area contributed by atoms with Gasteiger partial charge >= 0.3 is 0 Å². The van der Waals surface area contributed by atoms with Gasteiger partial charge in [0.15, 0.2) is 16.5 Å². The summed E-state index contributed by atoms with van der Waals surface area (Å²) in [6.45, 7) is 0. The number of nitriles is 1. The second kappa shape index (κ2) is 6.26. The molecule has 1 aliphatic rings. The maximum atomic E-state index is 14.6. The lowest BCUT2D eigenvalue weighted by Crippen LogP contribution is -2.28. The molecule has 3 heterocycles. The highest BCUT2D eigenvalue weighted by Gasteiger charge is 2.37. The number of fused-ring (bicyclic) bond motifs is 3. The van der Waals surface area contributed by atoms with Crippen LogP contribution >= 0.6 is 22.9 Å². The van der Waals surface area contributed by atoms with Gasteiger partial charge in [0.2, 0.25) is 5.88 Å². The zero-order chi connectivity index (χ0) is 19.3. The van der Waals surface area contributed by atoms with Crippen LogP contribution in [0.15, 0.2) is 34.4 Å². The molecule has 4 rings (SSSR count). The van der Waals surface area contributed by atoms with Crippen LogP contribution in [0.3, 0.4) is 0 Å². The lowest BCUT2D eigenvalue weighted by Gasteiger charge is -2.26. The number of aromatic nitrogens is 2. The Bertz CT molecular complexity index is 1210. The van der Waals surface area contributed by atoms with E-state index in [1.54, 1.807) is 7.05 Å². The quantitative estimate of drug-likeness (QED) is 0.605. The van der Waals surface area contributed by atoms with E-state index < -0.39 is 17.3 Å². The summed E-state index contributed by atoms with van der Waals surface area (Å²) in [4.78, 5) is 19.7. The third-order valence-corrected chi connectivity index (χ3v) is 5.63. The van der Waals surface area contributed by atoms with Crippen molar-refractivity contribution in [3.63, 3.8) is 0 Å². The van der Waals surface area contributed by atoms with E-state index in [2.05, 4.69) is 15.3 Å². The Morgan fingerprint density at radius 3 is 2.93 bits per heavy atom. The van der Waals surface area contributed by atoms with Crippen LogP contribution in [0.2, 0.25) is 5.02 Å². The van der Waals surface area contributed by atoms with Crippen LogP contribution in [-0.2, 0) is 0 Å². The number of benzene rings is 1. The molecule has 0 bridgehead atoms. The number of thiazole rings is 1. The van der Waals surface area contributed by atoms with E-state index in [9.17, 15) is 14.4 Å². The number of anilines is 1. The highest BCUT2D eigenvalue weighted by atomic mass is 35.5. The van der Waals surface area contributed by atoms with Gasteiger partial charge in [-0.3, -0.25) is 4.79 Å². The number of aromatic amines is 1. The van der Waals surface area contributed by atoms with Crippen molar-refractivity contribution in [1.82, 2.24) is 9.97 Å². The second-order valence-electron chi connectivity index (χ2n) is 5.70. The molecule has 4 N–H and O–H groups in total. The smallest absolute Gasteiger partial charge is 0.257 e. The number of allylic oxidation sites excluding steroid dienone is 1. The number of hydrogen-bond donors (Lipinski definition) is 3. The van der Waals surface area contributed by atoms with Gasteiger partial charge in [-0.05, 0) is 12.1 Å². The number of pyridine rings is 1. The number of rotatable bonds is 2. The van der Waals surface area contributed by atoms with Crippen molar-refractivity contribution >= 4 is 38.4 Å². The minimum atomic E-state index is -1.10. The zero-order valence-corrected chi connectivity index (χ0v) is 15.3. The number of nitrogens with one attached hydrogen (secondary N) is 2. The second-order valence-corrected chi connectivity index (χ2v) is 7.11. The number of nitrogens with zero attached hydrogens (tertiary/aromatic N) is 2. The Morgan fingerprint density at radius 2 is 2.26 bits per heavy atom. The number of hydrogen-bond acceptors (Lipinski definition) is 7. The molecule has 0 radical (unpaired) electrons. The van der Waals surface area contributed by atoms with Gasteiger partial charge in [-0.25, -0.2) is 9.37 Å². The summed E-state index contributed by atoms with van der Waals surface area (Å²) in [6.07, 6.45) is 0. The zero-order valence-electron chi connectivity index (χ0n) is 13.8. The van der Waals surface area contributed by atoms with Crippen molar-refractivity contribution < 1.29 is 9.13 Å². The van der Waals surface area contributed by atoms with Crippen LogP contribution in [0.25, 0.3) is 10.3 Å². The Hall–Kier alpha value is -3.09. The molecule has 7 nitrogen and oxygen atoms in total. The SMILES string of the molecule is CNc1nc2[nH]c(=O)c3c(c2s1)OC(N)=C(C#N)C3c1c(F)cccc1Cl. The molecule has 27 heavy (non-hydrogen) atoms. The van der Waals surface area contributed by atoms with Crippen molar-refractivity contribution in [3.05, 3.63) is 62.0 Å². The number of H-pyrrole nitrogens is 1. The molecule has 0 spiro atoms. The van der Waals surface area contributed by atoms with Gasteiger partial charge in [0.1, 0.15) is 22.2 Å². The maximum absolute atomic E-state index is 14.6. The van der Waals surface area contributed by atoms with Crippen LogP contribution in [0.5, 0.6) is 5.75 Å². The van der Waals surface area contributed by atoms with Gasteiger partial charge in [0.25, 0.3) is 5.56 Å². The molecule has 2 aromatic heterocycles. The van der Waals surface area contributed by atoms with Gasteiger partial charge in [0.05, 0.1) is 11.5 Å². The minimum Gasteiger partial charge on any atom is -0.438 e. The van der Waals surface area contributed by atoms with Crippen LogP contribution in [0, 0.1) is 17.1 Å². The van der Waals surface area contributed by atoms with Crippen LogP contribution in [-0.4, -0.2) is 17.0 Å². The van der Waals surface area contributed by atoms with Crippen molar-refractivity contribution in [2.75, 3.05) is 12.4 Å². The van der Waals surface area contributed by atoms with Gasteiger partial charge in [-0.2, -0.15) is 5.26 Å². The molecule has 1 aliphatic heterocycles. The molecular weight excluding hydrogens is 393 g/mol. The third kappa shape index (κ3) is 2.53. The van der Waals surface area contributed by atoms with Crippen molar-refractivity contribution in [2.24, 2.45) is 5.73 Å². The first-order valence-electron chi connectivity index (χ1n) is 7.72. The van der Waals surface area contributed by atoms with Gasteiger partial charge in [-0.15, -0.1) is 0 Å². The van der Waals surface area contributed by atoms with Crippen LogP contribution in [0.4, 0.5) is 9.52 Å². The average molecular weight is 404 g/mol. The molecule has 3 aromatic rings.